The predicted octanol–water partition coefficient (Wildman–Crippen LogP) is 2.10. The average molecular weight is 375 g/mol. The molecule has 0 aliphatic heterocycles. The number of Topliss-reactive ketones (excluding diaryl/α,β-unsaturated/α-hetero) is 5. The summed E-state index contributed by atoms with van der Waals surface area (Å²) in [6, 6.07) is -0.329. The van der Waals surface area contributed by atoms with E-state index in [1.807, 2.05) is 0 Å². The van der Waals surface area contributed by atoms with Gasteiger partial charge < -0.3 is 9.53 Å². The number of ether oxygens (including phenoxy) is 1. The molecule has 0 N–H and O–H groups in total. The van der Waals surface area contributed by atoms with Crippen molar-refractivity contribution in [1.29, 1.82) is 0 Å². The molecule has 0 atom stereocenters. The molecule has 7 nitrogen and oxygen atoms in total. The van der Waals surface area contributed by atoms with Gasteiger partial charge >= 0.3 is 5.97 Å². The third-order valence-corrected chi connectivity index (χ3v) is 3.47. The van der Waals surface area contributed by atoms with E-state index in [0.717, 1.165) is 0 Å². The fraction of sp³-hybridized carbons (Fsp3) is 0.647. The molecule has 0 aliphatic rings. The standard InChI is InChI=1S/C17H23ClO7/c1-12(19)2-3-13(20)4-5-14(21)6-7-15(22)8-9-16(23)10-17(24)25-11-18/h2-11H2,1H3. The van der Waals surface area contributed by atoms with Crippen molar-refractivity contribution in [3.8, 4) is 0 Å². The van der Waals surface area contributed by atoms with Crippen LogP contribution in [0.4, 0.5) is 0 Å². The van der Waals surface area contributed by atoms with Gasteiger partial charge in [-0.2, -0.15) is 0 Å². The first-order chi connectivity index (χ1) is 11.7. The minimum Gasteiger partial charge on any atom is -0.449 e. The normalized spacial score (nSPS) is 10.2. The van der Waals surface area contributed by atoms with Crippen molar-refractivity contribution < 1.29 is 33.5 Å². The van der Waals surface area contributed by atoms with Crippen molar-refractivity contribution in [2.24, 2.45) is 0 Å². The van der Waals surface area contributed by atoms with E-state index in [1.54, 1.807) is 0 Å². The Balaban J connectivity index is 3.85. The molecule has 0 heterocycles. The Morgan fingerprint density at radius 1 is 0.640 bits per heavy atom. The average Bonchev–Trinajstić information content (AvgIpc) is 2.54. The van der Waals surface area contributed by atoms with Crippen LogP contribution in [0.1, 0.15) is 64.7 Å². The van der Waals surface area contributed by atoms with Crippen LogP contribution in [0.25, 0.3) is 0 Å². The summed E-state index contributed by atoms with van der Waals surface area (Å²) in [5.74, 6) is -1.85. The maximum absolute atomic E-state index is 11.6. The molecular weight excluding hydrogens is 352 g/mol. The van der Waals surface area contributed by atoms with Crippen LogP contribution in [0.3, 0.4) is 0 Å². The summed E-state index contributed by atoms with van der Waals surface area (Å²) in [4.78, 5) is 67.9. The molecule has 0 fully saturated rings. The summed E-state index contributed by atoms with van der Waals surface area (Å²) >= 11 is 5.18. The largest absolute Gasteiger partial charge is 0.449 e. The number of esters is 1. The van der Waals surface area contributed by atoms with E-state index < -0.39 is 18.2 Å². The molecule has 0 saturated carbocycles. The van der Waals surface area contributed by atoms with Gasteiger partial charge in [-0.15, -0.1) is 0 Å². The van der Waals surface area contributed by atoms with E-state index in [1.165, 1.54) is 6.92 Å². The minimum absolute atomic E-state index is 0.000123. The van der Waals surface area contributed by atoms with Crippen LogP contribution in [0.5, 0.6) is 0 Å². The fourth-order valence-corrected chi connectivity index (χ4v) is 2.01. The zero-order valence-electron chi connectivity index (χ0n) is 14.3. The van der Waals surface area contributed by atoms with Gasteiger partial charge in [0.15, 0.2) is 6.07 Å². The Kier molecular flexibility index (Phi) is 12.4. The number of halogens is 1. The van der Waals surface area contributed by atoms with Gasteiger partial charge in [-0.3, -0.25) is 24.0 Å². The van der Waals surface area contributed by atoms with Gasteiger partial charge in [0.2, 0.25) is 0 Å². The van der Waals surface area contributed by atoms with Gasteiger partial charge in [0.1, 0.15) is 35.3 Å². The molecule has 0 spiro atoms. The SMILES string of the molecule is CC(=O)CCC(=O)CCC(=O)CCC(=O)CCC(=O)CC(=O)OCCl. The molecule has 0 bridgehead atoms. The van der Waals surface area contributed by atoms with E-state index in [2.05, 4.69) is 4.74 Å². The third-order valence-electron chi connectivity index (χ3n) is 3.36. The van der Waals surface area contributed by atoms with Gasteiger partial charge in [-0.1, -0.05) is 11.6 Å². The lowest BCUT2D eigenvalue weighted by Crippen LogP contribution is -2.12. The molecule has 0 amide bonds. The summed E-state index contributed by atoms with van der Waals surface area (Å²) in [5.41, 5.74) is 0. The molecule has 0 aromatic rings. The van der Waals surface area contributed by atoms with Crippen molar-refractivity contribution in [2.45, 2.75) is 64.7 Å². The Morgan fingerprint density at radius 3 is 1.36 bits per heavy atom. The Hall–Kier alpha value is -1.89. The smallest absolute Gasteiger partial charge is 0.314 e. The highest BCUT2D eigenvalue weighted by Gasteiger charge is 2.14. The maximum Gasteiger partial charge on any atom is 0.314 e. The zero-order valence-corrected chi connectivity index (χ0v) is 15.1. The van der Waals surface area contributed by atoms with Crippen molar-refractivity contribution in [3.05, 3.63) is 0 Å². The van der Waals surface area contributed by atoms with Crippen LogP contribution in [0.15, 0.2) is 0 Å². The highest BCUT2D eigenvalue weighted by Crippen LogP contribution is 2.07. The van der Waals surface area contributed by atoms with Crippen LogP contribution in [-0.2, 0) is 33.5 Å². The van der Waals surface area contributed by atoms with Crippen molar-refractivity contribution in [2.75, 3.05) is 6.07 Å². The van der Waals surface area contributed by atoms with Gasteiger partial charge in [-0.05, 0) is 6.92 Å². The Bertz CT molecular complexity index is 525. The number of alkyl halides is 1. The lowest BCUT2D eigenvalue weighted by atomic mass is 10.0. The molecule has 0 radical (unpaired) electrons. The van der Waals surface area contributed by atoms with Crippen LogP contribution < -0.4 is 0 Å². The van der Waals surface area contributed by atoms with Gasteiger partial charge in [0, 0.05) is 51.4 Å². The van der Waals surface area contributed by atoms with E-state index in [0.29, 0.717) is 0 Å². The van der Waals surface area contributed by atoms with Gasteiger partial charge in [-0.25, -0.2) is 0 Å². The number of hydrogen-bond acceptors (Lipinski definition) is 7. The second-order valence-corrected chi connectivity index (χ2v) is 5.88. The molecular formula is C17H23ClO7. The molecule has 0 unspecified atom stereocenters. The van der Waals surface area contributed by atoms with Crippen molar-refractivity contribution >= 4 is 46.5 Å². The van der Waals surface area contributed by atoms with Gasteiger partial charge in [0.05, 0.1) is 0 Å². The maximum atomic E-state index is 11.6. The van der Waals surface area contributed by atoms with Gasteiger partial charge in [0.25, 0.3) is 0 Å². The number of hydrogen-bond donors (Lipinski definition) is 0. The summed E-state index contributed by atoms with van der Waals surface area (Å²) in [6.07, 6.45) is -0.114. The summed E-state index contributed by atoms with van der Waals surface area (Å²) < 4.78 is 4.40. The molecule has 140 valence electrons. The monoisotopic (exact) mass is 374 g/mol. The fourth-order valence-electron chi connectivity index (χ4n) is 1.89. The second-order valence-electron chi connectivity index (χ2n) is 5.66. The predicted molar refractivity (Wildman–Crippen MR) is 89.1 cm³/mol. The van der Waals surface area contributed by atoms with E-state index >= 15 is 0 Å². The molecule has 0 rings (SSSR count). The van der Waals surface area contributed by atoms with Crippen LogP contribution in [0, 0.1) is 0 Å². The van der Waals surface area contributed by atoms with Crippen LogP contribution in [0.2, 0.25) is 0 Å². The van der Waals surface area contributed by atoms with Crippen LogP contribution in [-0.4, -0.2) is 41.0 Å². The highest BCUT2D eigenvalue weighted by molar-refractivity contribution is 6.17. The second kappa shape index (κ2) is 13.4. The minimum atomic E-state index is -0.739. The molecule has 0 aromatic heterocycles. The first kappa shape index (κ1) is 23.1. The lowest BCUT2D eigenvalue weighted by Gasteiger charge is -2.02. The third kappa shape index (κ3) is 14.2. The van der Waals surface area contributed by atoms with Crippen LogP contribution >= 0.6 is 11.6 Å². The Morgan fingerprint density at radius 2 is 1.00 bits per heavy atom. The van der Waals surface area contributed by atoms with Crippen molar-refractivity contribution in [3.63, 3.8) is 0 Å². The summed E-state index contributed by atoms with van der Waals surface area (Å²) in [7, 11) is 0. The van der Waals surface area contributed by atoms with E-state index in [-0.39, 0.29) is 80.6 Å². The van der Waals surface area contributed by atoms with Crippen molar-refractivity contribution in [1.82, 2.24) is 0 Å². The number of carbonyl (C=O) groups excluding carboxylic acids is 6. The molecule has 8 heteroatoms. The Labute approximate surface area is 151 Å². The summed E-state index contributed by atoms with van der Waals surface area (Å²) in [5, 5.41) is 0. The highest BCUT2D eigenvalue weighted by atomic mass is 35.5. The quantitative estimate of drug-likeness (QED) is 0.245. The summed E-state index contributed by atoms with van der Waals surface area (Å²) in [6.45, 7) is 1.40. The number of carbonyl (C=O) groups is 6. The zero-order chi connectivity index (χ0) is 19.2. The number of ketones is 5. The molecule has 25 heavy (non-hydrogen) atoms. The van der Waals surface area contributed by atoms with E-state index in [9.17, 15) is 28.8 Å². The molecule has 0 aliphatic carbocycles. The molecule has 0 aromatic carbocycles. The first-order valence-electron chi connectivity index (χ1n) is 8.02. The topological polar surface area (TPSA) is 112 Å². The van der Waals surface area contributed by atoms with E-state index in [4.69, 9.17) is 11.6 Å². The first-order valence-corrected chi connectivity index (χ1v) is 8.55. The lowest BCUT2D eigenvalue weighted by molar-refractivity contribution is -0.144. The number of rotatable bonds is 15. The molecule has 0 saturated heterocycles.